The zero-order valence-corrected chi connectivity index (χ0v) is 13.6. The lowest BCUT2D eigenvalue weighted by atomic mass is 9.93. The number of fused-ring (bicyclic) bond motifs is 1. The number of carbonyl (C=O) groups excluding carboxylic acids is 1. The highest BCUT2D eigenvalue weighted by atomic mass is 16.6. The lowest BCUT2D eigenvalue weighted by Gasteiger charge is -2.23. The minimum absolute atomic E-state index is 0.0839. The van der Waals surface area contributed by atoms with Gasteiger partial charge >= 0.3 is 6.09 Å². The van der Waals surface area contributed by atoms with Crippen LogP contribution in [-0.2, 0) is 22.5 Å². The van der Waals surface area contributed by atoms with Crippen molar-refractivity contribution >= 4 is 6.09 Å². The van der Waals surface area contributed by atoms with Gasteiger partial charge in [-0.25, -0.2) is 4.79 Å². The molecular weight excluding hydrogens is 280 g/mol. The molecule has 5 heteroatoms. The van der Waals surface area contributed by atoms with Crippen LogP contribution in [-0.4, -0.2) is 31.4 Å². The molecule has 1 atom stereocenters. The van der Waals surface area contributed by atoms with Gasteiger partial charge in [0.15, 0.2) is 0 Å². The molecule has 0 spiro atoms. The van der Waals surface area contributed by atoms with Gasteiger partial charge < -0.3 is 20.5 Å². The minimum atomic E-state index is -0.492. The maximum absolute atomic E-state index is 11.8. The molecule has 1 aliphatic heterocycles. The second kappa shape index (κ2) is 7.11. The number of rotatable bonds is 4. The highest BCUT2D eigenvalue weighted by molar-refractivity contribution is 5.67. The van der Waals surface area contributed by atoms with Gasteiger partial charge in [0.2, 0.25) is 0 Å². The average molecular weight is 306 g/mol. The Labute approximate surface area is 132 Å². The second-order valence-corrected chi connectivity index (χ2v) is 6.65. The quantitative estimate of drug-likeness (QED) is 0.895. The lowest BCUT2D eigenvalue weighted by Crippen LogP contribution is -2.36. The van der Waals surface area contributed by atoms with Crippen molar-refractivity contribution in [1.29, 1.82) is 0 Å². The Balaban J connectivity index is 1.98. The summed E-state index contributed by atoms with van der Waals surface area (Å²) in [6, 6.07) is 6.36. The van der Waals surface area contributed by atoms with Crippen LogP contribution in [0.1, 0.15) is 43.4 Å². The van der Waals surface area contributed by atoms with Crippen LogP contribution >= 0.6 is 0 Å². The SMILES string of the molecule is CC(C)(C)OC(=O)NCC(CN)c1ccc2c(c1)CCOC2. The summed E-state index contributed by atoms with van der Waals surface area (Å²) in [4.78, 5) is 11.8. The van der Waals surface area contributed by atoms with Gasteiger partial charge in [0, 0.05) is 19.0 Å². The van der Waals surface area contributed by atoms with E-state index in [1.807, 2.05) is 20.8 Å². The van der Waals surface area contributed by atoms with E-state index >= 15 is 0 Å². The summed E-state index contributed by atoms with van der Waals surface area (Å²) in [5.41, 5.74) is 9.10. The molecule has 1 unspecified atom stereocenters. The first kappa shape index (κ1) is 16.8. The van der Waals surface area contributed by atoms with Crippen LogP contribution in [0.4, 0.5) is 4.79 Å². The highest BCUT2D eigenvalue weighted by Gasteiger charge is 2.19. The van der Waals surface area contributed by atoms with Gasteiger partial charge in [0.1, 0.15) is 5.60 Å². The molecule has 0 saturated heterocycles. The van der Waals surface area contributed by atoms with E-state index in [1.54, 1.807) is 0 Å². The number of benzene rings is 1. The predicted molar refractivity (Wildman–Crippen MR) is 85.8 cm³/mol. The monoisotopic (exact) mass is 306 g/mol. The van der Waals surface area contributed by atoms with Crippen molar-refractivity contribution in [2.75, 3.05) is 19.7 Å². The fourth-order valence-electron chi connectivity index (χ4n) is 2.50. The van der Waals surface area contributed by atoms with E-state index in [0.717, 1.165) is 18.6 Å². The van der Waals surface area contributed by atoms with Crippen LogP contribution in [0, 0.1) is 0 Å². The molecule has 1 aromatic rings. The third-order valence-corrected chi connectivity index (χ3v) is 3.65. The van der Waals surface area contributed by atoms with Crippen molar-refractivity contribution in [2.45, 2.75) is 45.3 Å². The molecule has 2 rings (SSSR count). The van der Waals surface area contributed by atoms with E-state index in [0.29, 0.717) is 19.7 Å². The van der Waals surface area contributed by atoms with E-state index in [-0.39, 0.29) is 5.92 Å². The van der Waals surface area contributed by atoms with E-state index in [4.69, 9.17) is 15.2 Å². The van der Waals surface area contributed by atoms with Gasteiger partial charge in [-0.05, 0) is 43.9 Å². The molecule has 5 nitrogen and oxygen atoms in total. The molecular formula is C17H26N2O3. The highest BCUT2D eigenvalue weighted by Crippen LogP contribution is 2.22. The van der Waals surface area contributed by atoms with E-state index < -0.39 is 11.7 Å². The number of carbonyl (C=O) groups is 1. The first-order valence-corrected chi connectivity index (χ1v) is 7.75. The summed E-state index contributed by atoms with van der Waals surface area (Å²) >= 11 is 0. The van der Waals surface area contributed by atoms with Crippen LogP contribution in [0.5, 0.6) is 0 Å². The number of nitrogens with two attached hydrogens (primary N) is 1. The maximum atomic E-state index is 11.8. The summed E-state index contributed by atoms with van der Waals surface area (Å²) in [5.74, 6) is 0.0839. The third kappa shape index (κ3) is 4.71. The van der Waals surface area contributed by atoms with Crippen LogP contribution in [0.15, 0.2) is 18.2 Å². The number of hydrogen-bond donors (Lipinski definition) is 2. The topological polar surface area (TPSA) is 73.6 Å². The smallest absolute Gasteiger partial charge is 0.407 e. The molecule has 1 aliphatic rings. The Hall–Kier alpha value is -1.59. The second-order valence-electron chi connectivity index (χ2n) is 6.65. The molecule has 1 amide bonds. The summed E-state index contributed by atoms with van der Waals surface area (Å²) < 4.78 is 10.7. The molecule has 22 heavy (non-hydrogen) atoms. The van der Waals surface area contributed by atoms with Gasteiger partial charge in [-0.15, -0.1) is 0 Å². The molecule has 122 valence electrons. The van der Waals surface area contributed by atoms with E-state index in [1.165, 1.54) is 11.1 Å². The number of hydrogen-bond acceptors (Lipinski definition) is 4. The molecule has 0 saturated carbocycles. The number of nitrogens with one attached hydrogen (secondary N) is 1. The molecule has 0 radical (unpaired) electrons. The zero-order chi connectivity index (χ0) is 16.2. The zero-order valence-electron chi connectivity index (χ0n) is 13.6. The standard InChI is InChI=1S/C17H26N2O3/c1-17(2,3)22-16(20)19-10-15(9-18)12-4-5-14-11-21-7-6-13(14)8-12/h4-5,8,15H,6-7,9-11,18H2,1-3H3,(H,19,20). The van der Waals surface area contributed by atoms with Crippen molar-refractivity contribution in [1.82, 2.24) is 5.32 Å². The van der Waals surface area contributed by atoms with Crippen LogP contribution in [0.25, 0.3) is 0 Å². The van der Waals surface area contributed by atoms with Gasteiger partial charge in [0.25, 0.3) is 0 Å². The predicted octanol–water partition coefficient (Wildman–Crippen LogP) is 2.33. The summed E-state index contributed by atoms with van der Waals surface area (Å²) in [5, 5.41) is 2.80. The van der Waals surface area contributed by atoms with Crippen molar-refractivity contribution in [2.24, 2.45) is 5.73 Å². The number of ether oxygens (including phenoxy) is 2. The van der Waals surface area contributed by atoms with Crippen LogP contribution in [0.3, 0.4) is 0 Å². The Bertz CT molecular complexity index is 523. The minimum Gasteiger partial charge on any atom is -0.444 e. The maximum Gasteiger partial charge on any atom is 0.407 e. The third-order valence-electron chi connectivity index (χ3n) is 3.65. The normalized spacial score (nSPS) is 15.8. The van der Waals surface area contributed by atoms with Gasteiger partial charge in [-0.3, -0.25) is 0 Å². The fourth-order valence-corrected chi connectivity index (χ4v) is 2.50. The van der Waals surface area contributed by atoms with Crippen molar-refractivity contribution < 1.29 is 14.3 Å². The summed E-state index contributed by atoms with van der Waals surface area (Å²) in [6.45, 7) is 7.93. The Morgan fingerprint density at radius 2 is 2.18 bits per heavy atom. The van der Waals surface area contributed by atoms with Crippen LogP contribution < -0.4 is 11.1 Å². The van der Waals surface area contributed by atoms with Gasteiger partial charge in [0.05, 0.1) is 13.2 Å². The Morgan fingerprint density at radius 1 is 1.41 bits per heavy atom. The molecule has 0 aromatic heterocycles. The van der Waals surface area contributed by atoms with Crippen LogP contribution in [0.2, 0.25) is 0 Å². The van der Waals surface area contributed by atoms with Crippen molar-refractivity contribution in [3.05, 3.63) is 34.9 Å². The van der Waals surface area contributed by atoms with Crippen molar-refractivity contribution in [3.63, 3.8) is 0 Å². The van der Waals surface area contributed by atoms with Gasteiger partial charge in [-0.2, -0.15) is 0 Å². The molecule has 1 heterocycles. The summed E-state index contributed by atoms with van der Waals surface area (Å²) in [6.07, 6.45) is 0.525. The molecule has 0 fully saturated rings. The summed E-state index contributed by atoms with van der Waals surface area (Å²) in [7, 11) is 0. The number of alkyl carbamates (subject to hydrolysis) is 1. The van der Waals surface area contributed by atoms with Crippen molar-refractivity contribution in [3.8, 4) is 0 Å². The largest absolute Gasteiger partial charge is 0.444 e. The number of amides is 1. The van der Waals surface area contributed by atoms with E-state index in [9.17, 15) is 4.79 Å². The molecule has 0 bridgehead atoms. The molecule has 0 aliphatic carbocycles. The first-order valence-electron chi connectivity index (χ1n) is 7.75. The van der Waals surface area contributed by atoms with Gasteiger partial charge in [-0.1, -0.05) is 18.2 Å². The lowest BCUT2D eigenvalue weighted by molar-refractivity contribution is 0.0525. The van der Waals surface area contributed by atoms with E-state index in [2.05, 4.69) is 23.5 Å². The fraction of sp³-hybridized carbons (Fsp3) is 0.588. The Kier molecular flexibility index (Phi) is 5.42. The Morgan fingerprint density at radius 3 is 2.86 bits per heavy atom. The molecule has 1 aromatic carbocycles. The first-order chi connectivity index (χ1) is 10.4. The molecule has 3 N–H and O–H groups in total. The average Bonchev–Trinajstić information content (AvgIpc) is 2.46.